The fourth-order valence-corrected chi connectivity index (χ4v) is 1.51. The van der Waals surface area contributed by atoms with E-state index in [4.69, 9.17) is 5.26 Å². The van der Waals surface area contributed by atoms with Crippen LogP contribution in [-0.2, 0) is 6.54 Å². The van der Waals surface area contributed by atoms with Crippen molar-refractivity contribution in [3.63, 3.8) is 0 Å². The Bertz CT molecular complexity index is 617. The highest BCUT2D eigenvalue weighted by Crippen LogP contribution is 2.22. The van der Waals surface area contributed by atoms with Gasteiger partial charge >= 0.3 is 5.69 Å². The van der Waals surface area contributed by atoms with Crippen LogP contribution in [0.25, 0.3) is 0 Å². The standard InChI is InChI=1S/C11H10N6O2/c12-7-9-6-10(17(18)19)11(14-8-9)13-3-5-16-4-1-2-15-16/h1-2,4,6,8H,3,5H2,(H,13,14). The van der Waals surface area contributed by atoms with Crippen molar-refractivity contribution in [2.45, 2.75) is 6.54 Å². The average molecular weight is 258 g/mol. The van der Waals surface area contributed by atoms with Crippen LogP contribution in [0.3, 0.4) is 0 Å². The van der Waals surface area contributed by atoms with Crippen LogP contribution in [0.15, 0.2) is 30.7 Å². The summed E-state index contributed by atoms with van der Waals surface area (Å²) in [4.78, 5) is 14.2. The van der Waals surface area contributed by atoms with E-state index in [0.29, 0.717) is 13.1 Å². The van der Waals surface area contributed by atoms with Gasteiger partial charge in [0.2, 0.25) is 5.82 Å². The number of nitrogens with zero attached hydrogens (tertiary/aromatic N) is 5. The molecule has 96 valence electrons. The number of hydrogen-bond donors (Lipinski definition) is 1. The number of anilines is 1. The third-order valence-electron chi connectivity index (χ3n) is 2.39. The normalized spacial score (nSPS) is 9.84. The van der Waals surface area contributed by atoms with Gasteiger partial charge in [0.15, 0.2) is 0 Å². The van der Waals surface area contributed by atoms with Gasteiger partial charge in [0.25, 0.3) is 0 Å². The van der Waals surface area contributed by atoms with Crippen LogP contribution in [0.4, 0.5) is 11.5 Å². The largest absolute Gasteiger partial charge is 0.362 e. The lowest BCUT2D eigenvalue weighted by molar-refractivity contribution is -0.384. The molecule has 0 atom stereocenters. The molecule has 0 saturated heterocycles. The predicted molar refractivity (Wildman–Crippen MR) is 66.3 cm³/mol. The zero-order valence-electron chi connectivity index (χ0n) is 9.85. The van der Waals surface area contributed by atoms with Gasteiger partial charge < -0.3 is 5.32 Å². The van der Waals surface area contributed by atoms with E-state index in [1.165, 1.54) is 12.3 Å². The molecule has 19 heavy (non-hydrogen) atoms. The van der Waals surface area contributed by atoms with Crippen LogP contribution in [0, 0.1) is 21.4 Å². The molecular formula is C11H10N6O2. The lowest BCUT2D eigenvalue weighted by Crippen LogP contribution is -2.12. The maximum atomic E-state index is 10.9. The zero-order chi connectivity index (χ0) is 13.7. The summed E-state index contributed by atoms with van der Waals surface area (Å²) in [7, 11) is 0. The maximum Gasteiger partial charge on any atom is 0.312 e. The SMILES string of the molecule is N#Cc1cnc(NCCn2cccn2)c([N+](=O)[O-])c1. The quantitative estimate of drug-likeness (QED) is 0.636. The van der Waals surface area contributed by atoms with Crippen LogP contribution < -0.4 is 5.32 Å². The first-order valence-electron chi connectivity index (χ1n) is 5.46. The predicted octanol–water partition coefficient (Wildman–Crippen LogP) is 1.17. The molecule has 0 saturated carbocycles. The van der Waals surface area contributed by atoms with E-state index in [0.717, 1.165) is 0 Å². The van der Waals surface area contributed by atoms with E-state index >= 15 is 0 Å². The number of aromatic nitrogens is 3. The summed E-state index contributed by atoms with van der Waals surface area (Å²) in [5.41, 5.74) is -0.0520. The summed E-state index contributed by atoms with van der Waals surface area (Å²) in [6, 6.07) is 4.81. The fraction of sp³-hybridized carbons (Fsp3) is 0.182. The van der Waals surface area contributed by atoms with Crippen molar-refractivity contribution in [2.75, 3.05) is 11.9 Å². The molecule has 0 spiro atoms. The van der Waals surface area contributed by atoms with Crippen molar-refractivity contribution in [3.8, 4) is 6.07 Å². The topological polar surface area (TPSA) is 110 Å². The Morgan fingerprint density at radius 1 is 1.58 bits per heavy atom. The Kier molecular flexibility index (Phi) is 3.68. The van der Waals surface area contributed by atoms with Crippen molar-refractivity contribution >= 4 is 11.5 Å². The Hall–Kier alpha value is -2.95. The summed E-state index contributed by atoms with van der Waals surface area (Å²) in [6.07, 6.45) is 4.74. The van der Waals surface area contributed by atoms with Crippen molar-refractivity contribution in [3.05, 3.63) is 46.4 Å². The van der Waals surface area contributed by atoms with E-state index in [9.17, 15) is 10.1 Å². The summed E-state index contributed by atoms with van der Waals surface area (Å²) in [6.45, 7) is 1.01. The monoisotopic (exact) mass is 258 g/mol. The molecule has 8 nitrogen and oxygen atoms in total. The zero-order valence-corrected chi connectivity index (χ0v) is 9.85. The van der Waals surface area contributed by atoms with Crippen molar-refractivity contribution in [1.82, 2.24) is 14.8 Å². The minimum absolute atomic E-state index is 0.149. The number of pyridine rings is 1. The smallest absolute Gasteiger partial charge is 0.312 e. The summed E-state index contributed by atoms with van der Waals surface area (Å²) in [5.74, 6) is 0.149. The van der Waals surface area contributed by atoms with Gasteiger partial charge in [-0.05, 0) is 6.07 Å². The Morgan fingerprint density at radius 3 is 3.05 bits per heavy atom. The first-order chi connectivity index (χ1) is 9.20. The molecule has 0 unspecified atom stereocenters. The number of nitro groups is 1. The van der Waals surface area contributed by atoms with E-state index in [1.54, 1.807) is 23.1 Å². The molecule has 0 radical (unpaired) electrons. The van der Waals surface area contributed by atoms with Gasteiger partial charge in [-0.25, -0.2) is 4.98 Å². The Labute approximate surface area is 108 Å². The first kappa shape index (κ1) is 12.5. The highest BCUT2D eigenvalue weighted by atomic mass is 16.6. The molecule has 8 heteroatoms. The molecule has 0 bridgehead atoms. The second kappa shape index (κ2) is 5.59. The van der Waals surface area contributed by atoms with Gasteiger partial charge in [0.1, 0.15) is 6.07 Å². The molecule has 2 rings (SSSR count). The van der Waals surface area contributed by atoms with Gasteiger partial charge in [0, 0.05) is 31.2 Å². The highest BCUT2D eigenvalue weighted by molar-refractivity contribution is 5.58. The minimum atomic E-state index is -0.565. The third kappa shape index (κ3) is 3.04. The van der Waals surface area contributed by atoms with Crippen LogP contribution in [0.5, 0.6) is 0 Å². The molecule has 2 heterocycles. The Balaban J connectivity index is 2.07. The molecule has 0 aliphatic heterocycles. The van der Waals surface area contributed by atoms with E-state index < -0.39 is 4.92 Å². The minimum Gasteiger partial charge on any atom is -0.362 e. The van der Waals surface area contributed by atoms with Crippen LogP contribution in [0.1, 0.15) is 5.56 Å². The number of nitriles is 1. The van der Waals surface area contributed by atoms with Crippen molar-refractivity contribution in [2.24, 2.45) is 0 Å². The molecule has 0 aromatic carbocycles. The number of nitrogens with one attached hydrogen (secondary N) is 1. The van der Waals surface area contributed by atoms with Crippen molar-refractivity contribution in [1.29, 1.82) is 5.26 Å². The molecule has 2 aromatic heterocycles. The van der Waals surface area contributed by atoms with Gasteiger partial charge in [-0.1, -0.05) is 0 Å². The molecule has 0 aliphatic rings. The van der Waals surface area contributed by atoms with Crippen molar-refractivity contribution < 1.29 is 4.92 Å². The average Bonchev–Trinajstić information content (AvgIpc) is 2.92. The summed E-state index contributed by atoms with van der Waals surface area (Å²) >= 11 is 0. The fourth-order valence-electron chi connectivity index (χ4n) is 1.51. The lowest BCUT2D eigenvalue weighted by Gasteiger charge is -2.06. The molecule has 1 N–H and O–H groups in total. The van der Waals surface area contributed by atoms with Gasteiger partial charge in [-0.15, -0.1) is 0 Å². The van der Waals surface area contributed by atoms with Gasteiger partial charge in [-0.2, -0.15) is 10.4 Å². The summed E-state index contributed by atoms with van der Waals surface area (Å²) < 4.78 is 1.70. The van der Waals surface area contributed by atoms with E-state index in [2.05, 4.69) is 15.4 Å². The van der Waals surface area contributed by atoms with E-state index in [-0.39, 0.29) is 17.1 Å². The maximum absolute atomic E-state index is 10.9. The summed E-state index contributed by atoms with van der Waals surface area (Å²) in [5, 5.41) is 26.4. The second-order valence-corrected chi connectivity index (χ2v) is 3.66. The molecule has 0 fully saturated rings. The number of rotatable bonds is 5. The molecule has 0 amide bonds. The number of hydrogen-bond acceptors (Lipinski definition) is 6. The van der Waals surface area contributed by atoms with Crippen LogP contribution in [0.2, 0.25) is 0 Å². The second-order valence-electron chi connectivity index (χ2n) is 3.66. The lowest BCUT2D eigenvalue weighted by atomic mass is 10.3. The molecular weight excluding hydrogens is 248 g/mol. The van der Waals surface area contributed by atoms with Crippen LogP contribution in [-0.4, -0.2) is 26.2 Å². The molecule has 0 aliphatic carbocycles. The Morgan fingerprint density at radius 2 is 2.42 bits per heavy atom. The third-order valence-corrected chi connectivity index (χ3v) is 2.39. The molecule has 2 aromatic rings. The van der Waals surface area contributed by atoms with Gasteiger partial charge in [-0.3, -0.25) is 14.8 Å². The van der Waals surface area contributed by atoms with Crippen LogP contribution >= 0.6 is 0 Å². The highest BCUT2D eigenvalue weighted by Gasteiger charge is 2.15. The van der Waals surface area contributed by atoms with Gasteiger partial charge in [0.05, 0.1) is 17.0 Å². The first-order valence-corrected chi connectivity index (χ1v) is 5.46. The van der Waals surface area contributed by atoms with E-state index in [1.807, 2.05) is 6.07 Å².